The Balaban J connectivity index is 4.58. The number of nitrogens with zero attached hydrogens (tertiary/aromatic N) is 7. The van der Waals surface area contributed by atoms with E-state index in [0.29, 0.717) is 0 Å². The molecule has 8 N–H and O–H groups in total. The van der Waals surface area contributed by atoms with Crippen LogP contribution in [0, 0.1) is 41.4 Å². The maximum atomic E-state index is 15.3. The van der Waals surface area contributed by atoms with Gasteiger partial charge >= 0.3 is 0 Å². The minimum absolute atomic E-state index is 0.0873. The molecular formula is C66H119N11O15. The van der Waals surface area contributed by atoms with Crippen molar-refractivity contribution in [3.63, 3.8) is 0 Å². The van der Waals surface area contributed by atoms with Crippen molar-refractivity contribution in [3.05, 3.63) is 12.2 Å². The van der Waals surface area contributed by atoms with Gasteiger partial charge in [0, 0.05) is 74.9 Å². The average molecular weight is 1310 g/mol. The zero-order valence-corrected chi connectivity index (χ0v) is 59.9. The number of carbonyl (C=O) groups excluding carboxylic acids is 11. The van der Waals surface area contributed by atoms with Gasteiger partial charge in [0.2, 0.25) is 65.0 Å². The van der Waals surface area contributed by atoms with E-state index in [1.54, 1.807) is 60.6 Å². The molecular weight excluding hydrogens is 1190 g/mol. The fourth-order valence-electron chi connectivity index (χ4n) is 11.6. The van der Waals surface area contributed by atoms with Crippen LogP contribution in [-0.4, -0.2) is 260 Å². The molecule has 0 aromatic carbocycles. The van der Waals surface area contributed by atoms with E-state index < -0.39 is 186 Å². The standard InChI is InChI=1S/C66H119N11O15/c1-25-27-28-41(13)54(80)53-58(84)69-45(26-2)60(86)73(20)49(32-44(34-78)35-79)62(88)75(22)50(33-66(16,17)92)57(83)70-51(39(9)10)64(90)71(18)46(29-36(3)4)56(82)67-42(14)55(81)68-43(15)59(85)72(19)47(30-37(5)6)61(87)74(21)48(31-38(7)8)63(89)76(23)52(40(11)12)65(91)77(53)24/h25,27,36-54,78-80,92H,26,28-35H2,1-24H3,(H,67,82)(H,68,81)(H,69,84)(H,70,83)/b27-25+/t41-,42+,43-,45+,46+,47+,48+,49-,50+,51+,52+,53+,54-/m1/s1. The predicted molar refractivity (Wildman–Crippen MR) is 351 cm³/mol. The Morgan fingerprint density at radius 2 is 0.870 bits per heavy atom. The Bertz CT molecular complexity index is 2520. The number of hydrogen-bond donors (Lipinski definition) is 8. The Morgan fingerprint density at radius 1 is 0.467 bits per heavy atom. The third-order valence-electron chi connectivity index (χ3n) is 17.5. The highest BCUT2D eigenvalue weighted by Gasteiger charge is 2.47. The first-order valence-electron chi connectivity index (χ1n) is 32.7. The van der Waals surface area contributed by atoms with Crippen molar-refractivity contribution in [3.8, 4) is 0 Å². The summed E-state index contributed by atoms with van der Waals surface area (Å²) in [4.78, 5) is 171. The van der Waals surface area contributed by atoms with Crippen molar-refractivity contribution in [1.29, 1.82) is 0 Å². The summed E-state index contributed by atoms with van der Waals surface area (Å²) in [5, 5.41) is 55.1. The van der Waals surface area contributed by atoms with E-state index in [9.17, 15) is 44.4 Å². The van der Waals surface area contributed by atoms with E-state index in [4.69, 9.17) is 0 Å². The molecule has 0 unspecified atom stereocenters. The molecule has 0 saturated carbocycles. The third kappa shape index (κ3) is 23.3. The largest absolute Gasteiger partial charge is 0.396 e. The predicted octanol–water partition coefficient (Wildman–Crippen LogP) is 1.74. The molecule has 1 heterocycles. The molecule has 1 aliphatic heterocycles. The number of hydrogen-bond acceptors (Lipinski definition) is 15. The molecule has 11 amide bonds. The molecule has 528 valence electrons. The van der Waals surface area contributed by atoms with E-state index in [1.807, 2.05) is 41.5 Å². The van der Waals surface area contributed by atoms with E-state index in [-0.39, 0.29) is 56.3 Å². The molecule has 1 saturated heterocycles. The van der Waals surface area contributed by atoms with Crippen LogP contribution in [-0.2, 0) is 52.7 Å². The average Bonchev–Trinajstić information content (AvgIpc) is 0.824. The summed E-state index contributed by atoms with van der Waals surface area (Å²) < 4.78 is 0. The van der Waals surface area contributed by atoms with Crippen LogP contribution in [0.1, 0.15) is 163 Å². The number of amides is 11. The van der Waals surface area contributed by atoms with Crippen molar-refractivity contribution < 1.29 is 73.2 Å². The Kier molecular flexibility index (Phi) is 34.2. The number of carbonyl (C=O) groups is 11. The minimum Gasteiger partial charge on any atom is -0.396 e. The van der Waals surface area contributed by atoms with Gasteiger partial charge in [-0.1, -0.05) is 95.2 Å². The first kappa shape index (κ1) is 83.8. The van der Waals surface area contributed by atoms with E-state index in [0.717, 1.165) is 19.6 Å². The quantitative estimate of drug-likeness (QED) is 0.0855. The van der Waals surface area contributed by atoms with Crippen LogP contribution in [0.4, 0.5) is 0 Å². The number of allylic oxidation sites excluding steroid dienone is 2. The SMILES string of the molecule is C/C=C/C[C@@H](C)[C@@H](O)[C@H]1C(=O)N[C@@H](CC)C(=O)N(C)[C@H](CC(CO)CO)C(=O)N(C)[C@@H](CC(C)(C)O)C(=O)N[C@@H](C(C)C)C(=O)N(C)[C@@H](CC(C)C)C(=O)N[C@@H](C)C(=O)N[C@H](C)C(=O)N(C)[C@@H](CC(C)C)C(=O)N(C)[C@@H](CC(C)C)C(=O)N(C)[C@@H](C(C)C)C(=O)N1C. The maximum absolute atomic E-state index is 15.3. The number of aliphatic hydroxyl groups excluding tert-OH is 3. The van der Waals surface area contributed by atoms with Crippen molar-refractivity contribution in [2.45, 2.75) is 241 Å². The summed E-state index contributed by atoms with van der Waals surface area (Å²) in [6.07, 6.45) is 1.59. The molecule has 92 heavy (non-hydrogen) atoms. The molecule has 26 nitrogen and oxygen atoms in total. The summed E-state index contributed by atoms with van der Waals surface area (Å²) in [5.41, 5.74) is -1.65. The summed E-state index contributed by atoms with van der Waals surface area (Å²) in [6, 6.07) is -15.2. The van der Waals surface area contributed by atoms with E-state index >= 15 is 28.8 Å². The zero-order valence-electron chi connectivity index (χ0n) is 59.9. The second-order valence-corrected chi connectivity index (χ2v) is 28.2. The van der Waals surface area contributed by atoms with Gasteiger partial charge in [-0.2, -0.15) is 0 Å². The van der Waals surface area contributed by atoms with Crippen LogP contribution in [0.3, 0.4) is 0 Å². The van der Waals surface area contributed by atoms with Gasteiger partial charge in [-0.05, 0) is 109 Å². The molecule has 0 spiro atoms. The lowest BCUT2D eigenvalue weighted by molar-refractivity contribution is -0.157. The van der Waals surface area contributed by atoms with Gasteiger partial charge in [-0.15, -0.1) is 0 Å². The van der Waals surface area contributed by atoms with Crippen LogP contribution in [0.2, 0.25) is 0 Å². The summed E-state index contributed by atoms with van der Waals surface area (Å²) in [7, 11) is 9.46. The molecule has 0 aromatic rings. The molecule has 1 fully saturated rings. The lowest BCUT2D eigenvalue weighted by atomic mass is 9.91. The second-order valence-electron chi connectivity index (χ2n) is 28.2. The van der Waals surface area contributed by atoms with Crippen molar-refractivity contribution in [1.82, 2.24) is 55.6 Å². The smallest absolute Gasteiger partial charge is 0.246 e. The first-order chi connectivity index (χ1) is 42.4. The zero-order chi connectivity index (χ0) is 71.5. The molecule has 1 aliphatic rings. The Labute approximate surface area is 548 Å². The van der Waals surface area contributed by atoms with Crippen LogP contribution in [0.15, 0.2) is 12.2 Å². The summed E-state index contributed by atoms with van der Waals surface area (Å²) in [5.74, 6) is -12.2. The highest BCUT2D eigenvalue weighted by atomic mass is 16.3. The van der Waals surface area contributed by atoms with Crippen LogP contribution in [0.25, 0.3) is 0 Å². The fourth-order valence-corrected chi connectivity index (χ4v) is 11.6. The highest BCUT2D eigenvalue weighted by Crippen LogP contribution is 2.27. The van der Waals surface area contributed by atoms with E-state index in [2.05, 4.69) is 21.3 Å². The maximum Gasteiger partial charge on any atom is 0.246 e. The van der Waals surface area contributed by atoms with Crippen LogP contribution in [0.5, 0.6) is 0 Å². The molecule has 13 atom stereocenters. The lowest BCUT2D eigenvalue weighted by Gasteiger charge is -2.41. The van der Waals surface area contributed by atoms with Crippen LogP contribution < -0.4 is 21.3 Å². The molecule has 26 heteroatoms. The van der Waals surface area contributed by atoms with Gasteiger partial charge in [0.05, 0.1) is 11.7 Å². The summed E-state index contributed by atoms with van der Waals surface area (Å²) in [6.45, 7) is 27.1. The van der Waals surface area contributed by atoms with Crippen LogP contribution >= 0.6 is 0 Å². The van der Waals surface area contributed by atoms with Gasteiger partial charge in [0.25, 0.3) is 0 Å². The van der Waals surface area contributed by atoms with Crippen molar-refractivity contribution >= 4 is 65.0 Å². The molecule has 1 rings (SSSR count). The number of aliphatic hydroxyl groups is 4. The van der Waals surface area contributed by atoms with Gasteiger partial charge in [-0.3, -0.25) is 52.7 Å². The number of nitrogens with one attached hydrogen (secondary N) is 4. The third-order valence-corrected chi connectivity index (χ3v) is 17.5. The number of rotatable bonds is 19. The van der Waals surface area contributed by atoms with E-state index in [1.165, 1.54) is 91.7 Å². The normalized spacial score (nSPS) is 26.8. The van der Waals surface area contributed by atoms with Gasteiger partial charge in [-0.25, -0.2) is 0 Å². The molecule has 0 radical (unpaired) electrons. The summed E-state index contributed by atoms with van der Waals surface area (Å²) >= 11 is 0. The molecule has 0 bridgehead atoms. The van der Waals surface area contributed by atoms with Crippen molar-refractivity contribution in [2.24, 2.45) is 41.4 Å². The van der Waals surface area contributed by atoms with Gasteiger partial charge in [0.1, 0.15) is 66.5 Å². The van der Waals surface area contributed by atoms with Gasteiger partial charge < -0.3 is 76.0 Å². The Morgan fingerprint density at radius 3 is 1.30 bits per heavy atom. The molecule has 0 aliphatic carbocycles. The lowest BCUT2D eigenvalue weighted by Crippen LogP contribution is -2.64. The fraction of sp³-hybridized carbons (Fsp3) is 0.803. The highest BCUT2D eigenvalue weighted by molar-refractivity contribution is 6.00. The molecule has 0 aromatic heterocycles. The Hall–Kier alpha value is -6.25. The monoisotopic (exact) mass is 1310 g/mol. The van der Waals surface area contributed by atoms with Gasteiger partial charge in [0.15, 0.2) is 0 Å². The first-order valence-corrected chi connectivity index (χ1v) is 32.7. The topological polar surface area (TPSA) is 339 Å². The minimum atomic E-state index is -1.72. The second kappa shape index (κ2) is 37.6. The number of likely N-dealkylation sites (N-methyl/N-ethyl adjacent to an activating group) is 7. The van der Waals surface area contributed by atoms with Crippen molar-refractivity contribution in [2.75, 3.05) is 62.5 Å².